The summed E-state index contributed by atoms with van der Waals surface area (Å²) in [5, 5.41) is 4.45. The minimum Gasteiger partial charge on any atom is -0.495 e. The molecule has 1 saturated heterocycles. The molecule has 2 aromatic carbocycles. The molecule has 2 heterocycles. The fourth-order valence-electron chi connectivity index (χ4n) is 3.74. The molecular formula is C22H23N3O3. The van der Waals surface area contributed by atoms with E-state index in [9.17, 15) is 9.59 Å². The zero-order valence-electron chi connectivity index (χ0n) is 16.0. The van der Waals surface area contributed by atoms with Gasteiger partial charge in [-0.1, -0.05) is 23.8 Å². The van der Waals surface area contributed by atoms with E-state index in [4.69, 9.17) is 4.74 Å². The number of benzene rings is 2. The Kier molecular flexibility index (Phi) is 4.88. The number of hydrogen-bond acceptors (Lipinski definition) is 4. The number of nitrogens with zero attached hydrogens (tertiary/aromatic N) is 1. The normalized spacial score (nSPS) is 16.9. The van der Waals surface area contributed by atoms with Crippen LogP contribution >= 0.6 is 0 Å². The number of hydrogen-bond donors (Lipinski definition) is 2. The molecule has 2 N–H and O–H groups in total. The number of aryl methyl sites for hydroxylation is 1. The topological polar surface area (TPSA) is 74.4 Å². The van der Waals surface area contributed by atoms with Gasteiger partial charge in [0.25, 0.3) is 5.91 Å². The van der Waals surface area contributed by atoms with E-state index < -0.39 is 6.04 Å². The van der Waals surface area contributed by atoms with E-state index in [0.29, 0.717) is 18.0 Å². The molecule has 144 valence electrons. The van der Waals surface area contributed by atoms with Crippen molar-refractivity contribution in [2.45, 2.75) is 25.8 Å². The van der Waals surface area contributed by atoms with Crippen LogP contribution in [-0.2, 0) is 16.0 Å². The fraction of sp³-hybridized carbons (Fsp3) is 0.273. The molecule has 0 unspecified atom stereocenters. The number of rotatable bonds is 6. The second-order valence-corrected chi connectivity index (χ2v) is 7.06. The first-order chi connectivity index (χ1) is 13.6. The summed E-state index contributed by atoms with van der Waals surface area (Å²) >= 11 is 0. The first-order valence-corrected chi connectivity index (χ1v) is 9.38. The molecule has 3 aromatic rings. The number of methoxy groups -OCH3 is 1. The number of H-pyrrole nitrogens is 1. The van der Waals surface area contributed by atoms with E-state index in [0.717, 1.165) is 11.9 Å². The lowest BCUT2D eigenvalue weighted by atomic mass is 10.1. The summed E-state index contributed by atoms with van der Waals surface area (Å²) in [6, 6.07) is 12.9. The number of amides is 2. The number of anilines is 1. The van der Waals surface area contributed by atoms with Gasteiger partial charge < -0.3 is 15.0 Å². The van der Waals surface area contributed by atoms with Crippen LogP contribution in [-0.4, -0.2) is 36.5 Å². The zero-order valence-corrected chi connectivity index (χ0v) is 16.0. The average Bonchev–Trinajstić information content (AvgIpc) is 3.22. The molecule has 1 aliphatic rings. The maximum atomic E-state index is 12.8. The molecule has 0 saturated carbocycles. The van der Waals surface area contributed by atoms with Crippen molar-refractivity contribution >= 4 is 28.4 Å². The first kappa shape index (κ1) is 18.3. The Labute approximate surface area is 163 Å². The van der Waals surface area contributed by atoms with E-state index in [2.05, 4.69) is 35.4 Å². The lowest BCUT2D eigenvalue weighted by Crippen LogP contribution is -2.39. The molecule has 0 bridgehead atoms. The summed E-state index contributed by atoms with van der Waals surface area (Å²) in [5.74, 6) is 0.0676. The lowest BCUT2D eigenvalue weighted by molar-refractivity contribution is -0.121. The molecule has 28 heavy (non-hydrogen) atoms. The van der Waals surface area contributed by atoms with Gasteiger partial charge in [-0.25, -0.2) is 4.90 Å². The summed E-state index contributed by atoms with van der Waals surface area (Å²) in [5.41, 5.74) is 4.02. The molecule has 6 nitrogen and oxygen atoms in total. The van der Waals surface area contributed by atoms with E-state index in [-0.39, 0.29) is 18.2 Å². The Morgan fingerprint density at radius 1 is 1.21 bits per heavy atom. The largest absolute Gasteiger partial charge is 0.495 e. The van der Waals surface area contributed by atoms with Crippen LogP contribution in [0.5, 0.6) is 5.75 Å². The number of carbonyl (C=O) groups is 2. The van der Waals surface area contributed by atoms with Gasteiger partial charge >= 0.3 is 0 Å². The smallest absolute Gasteiger partial charge is 0.251 e. The van der Waals surface area contributed by atoms with Gasteiger partial charge in [-0.15, -0.1) is 0 Å². The van der Waals surface area contributed by atoms with Crippen LogP contribution in [0.4, 0.5) is 5.69 Å². The maximum Gasteiger partial charge on any atom is 0.251 e. The summed E-state index contributed by atoms with van der Waals surface area (Å²) in [6.07, 6.45) is 2.94. The Morgan fingerprint density at radius 2 is 2.04 bits per heavy atom. The fourth-order valence-corrected chi connectivity index (χ4v) is 3.74. The standard InChI is InChI=1S/C22H23N3O3/c1-14-7-8-17-16(11-14)15(13-24-17)9-10-23-18-12-21(26)25(22(18)27)19-5-3-4-6-20(19)28-2/h3-8,11,13,18,23-24H,9-10,12H2,1-2H3/t18-/m1/s1. The van der Waals surface area contributed by atoms with Crippen LogP contribution in [0, 0.1) is 6.92 Å². The third kappa shape index (κ3) is 3.27. The second kappa shape index (κ2) is 7.48. The van der Waals surface area contributed by atoms with Crippen molar-refractivity contribution in [1.29, 1.82) is 0 Å². The van der Waals surface area contributed by atoms with Crippen LogP contribution in [0.25, 0.3) is 10.9 Å². The maximum absolute atomic E-state index is 12.8. The zero-order chi connectivity index (χ0) is 19.7. The molecule has 0 spiro atoms. The third-order valence-electron chi connectivity index (χ3n) is 5.18. The van der Waals surface area contributed by atoms with Crippen molar-refractivity contribution in [2.75, 3.05) is 18.6 Å². The number of ether oxygens (including phenoxy) is 1. The number of fused-ring (bicyclic) bond motifs is 1. The van der Waals surface area contributed by atoms with Gasteiger partial charge in [-0.3, -0.25) is 9.59 Å². The van der Waals surface area contributed by atoms with E-state index in [1.807, 2.05) is 12.3 Å². The highest BCUT2D eigenvalue weighted by atomic mass is 16.5. The van der Waals surface area contributed by atoms with Crippen LogP contribution in [0.15, 0.2) is 48.7 Å². The van der Waals surface area contributed by atoms with Crippen molar-refractivity contribution in [1.82, 2.24) is 10.3 Å². The number of aromatic amines is 1. The summed E-state index contributed by atoms with van der Waals surface area (Å²) < 4.78 is 5.30. The quantitative estimate of drug-likeness (QED) is 0.648. The first-order valence-electron chi connectivity index (χ1n) is 9.38. The Bertz CT molecular complexity index is 1040. The Hall–Kier alpha value is -3.12. The monoisotopic (exact) mass is 377 g/mol. The van der Waals surface area contributed by atoms with Crippen molar-refractivity contribution in [3.8, 4) is 5.75 Å². The van der Waals surface area contributed by atoms with Crippen molar-refractivity contribution in [2.24, 2.45) is 0 Å². The highest BCUT2D eigenvalue weighted by Gasteiger charge is 2.40. The van der Waals surface area contributed by atoms with Gasteiger partial charge in [0, 0.05) is 23.6 Å². The molecule has 0 aliphatic carbocycles. The minimum absolute atomic E-state index is 0.157. The molecule has 1 fully saturated rings. The van der Waals surface area contributed by atoms with Crippen molar-refractivity contribution < 1.29 is 14.3 Å². The van der Waals surface area contributed by atoms with Crippen molar-refractivity contribution in [3.05, 3.63) is 59.8 Å². The molecule has 1 aromatic heterocycles. The van der Waals surface area contributed by atoms with E-state index >= 15 is 0 Å². The summed E-state index contributed by atoms with van der Waals surface area (Å²) in [4.78, 5) is 29.8. The number of para-hydroxylation sites is 2. The highest BCUT2D eigenvalue weighted by Crippen LogP contribution is 2.31. The molecule has 2 amide bonds. The van der Waals surface area contributed by atoms with Gasteiger partial charge in [0.15, 0.2) is 0 Å². The molecule has 4 rings (SSSR count). The van der Waals surface area contributed by atoms with Gasteiger partial charge in [0.05, 0.1) is 25.3 Å². The SMILES string of the molecule is COc1ccccc1N1C(=O)C[C@@H](NCCc2c[nH]c3ccc(C)cc23)C1=O. The number of nitrogens with one attached hydrogen (secondary N) is 2. The predicted molar refractivity (Wildman–Crippen MR) is 109 cm³/mol. The highest BCUT2D eigenvalue weighted by molar-refractivity contribution is 6.23. The Balaban J connectivity index is 1.44. The summed E-state index contributed by atoms with van der Waals surface area (Å²) in [6.45, 7) is 2.69. The average molecular weight is 377 g/mol. The van der Waals surface area contributed by atoms with Gasteiger partial charge in [0.2, 0.25) is 5.91 Å². The number of aromatic nitrogens is 1. The number of carbonyl (C=O) groups excluding carboxylic acids is 2. The summed E-state index contributed by atoms with van der Waals surface area (Å²) in [7, 11) is 1.53. The van der Waals surface area contributed by atoms with Gasteiger partial charge in [0.1, 0.15) is 5.75 Å². The van der Waals surface area contributed by atoms with E-state index in [1.54, 1.807) is 18.2 Å². The Morgan fingerprint density at radius 3 is 2.86 bits per heavy atom. The molecule has 1 aliphatic heterocycles. The van der Waals surface area contributed by atoms with Crippen LogP contribution in [0.3, 0.4) is 0 Å². The molecule has 0 radical (unpaired) electrons. The van der Waals surface area contributed by atoms with E-state index in [1.165, 1.54) is 28.5 Å². The third-order valence-corrected chi connectivity index (χ3v) is 5.18. The second-order valence-electron chi connectivity index (χ2n) is 7.06. The van der Waals surface area contributed by atoms with Crippen molar-refractivity contribution in [3.63, 3.8) is 0 Å². The van der Waals surface area contributed by atoms with Gasteiger partial charge in [-0.05, 0) is 43.2 Å². The van der Waals surface area contributed by atoms with Crippen LogP contribution in [0.1, 0.15) is 17.5 Å². The minimum atomic E-state index is -0.510. The van der Waals surface area contributed by atoms with Crippen LogP contribution in [0.2, 0.25) is 0 Å². The predicted octanol–water partition coefficient (Wildman–Crippen LogP) is 2.95. The molecule has 6 heteroatoms. The molecule has 1 atom stereocenters. The van der Waals surface area contributed by atoms with Crippen LogP contribution < -0.4 is 15.0 Å². The number of imide groups is 1. The van der Waals surface area contributed by atoms with Gasteiger partial charge in [-0.2, -0.15) is 0 Å². The lowest BCUT2D eigenvalue weighted by Gasteiger charge is -2.18. The molecular weight excluding hydrogens is 354 g/mol.